The smallest absolute Gasteiger partial charge is 0.258 e. The first-order valence-corrected chi connectivity index (χ1v) is 7.47. The predicted molar refractivity (Wildman–Crippen MR) is 84.9 cm³/mol. The summed E-state index contributed by atoms with van der Waals surface area (Å²) < 4.78 is 0. The van der Waals surface area contributed by atoms with E-state index in [1.165, 1.54) is 6.07 Å². The summed E-state index contributed by atoms with van der Waals surface area (Å²) >= 11 is 15.5. The summed E-state index contributed by atoms with van der Waals surface area (Å²) in [5.74, 6) is 0. The Hall–Kier alpha value is -1.10. The van der Waals surface area contributed by atoms with Gasteiger partial charge in [-0.15, -0.1) is 0 Å². The second-order valence-electron chi connectivity index (χ2n) is 4.26. The van der Waals surface area contributed by atoms with Gasteiger partial charge in [-0.3, -0.25) is 10.1 Å². The fourth-order valence-corrected chi connectivity index (χ4v) is 3.08. The van der Waals surface area contributed by atoms with E-state index >= 15 is 0 Å². The molecule has 0 N–H and O–H groups in total. The molecule has 2 rings (SSSR count). The first-order chi connectivity index (χ1) is 9.47. The van der Waals surface area contributed by atoms with Crippen molar-refractivity contribution in [1.29, 1.82) is 0 Å². The van der Waals surface area contributed by atoms with Crippen LogP contribution in [0, 0.1) is 10.1 Å². The van der Waals surface area contributed by atoms with Gasteiger partial charge in [0.1, 0.15) is 0 Å². The third kappa shape index (κ3) is 3.72. The maximum Gasteiger partial charge on any atom is 0.272 e. The van der Waals surface area contributed by atoms with Gasteiger partial charge in [0.2, 0.25) is 0 Å². The second kappa shape index (κ2) is 6.57. The SMILES string of the molecule is O=[N+]([O-])c1ccccc1CC(Br)c1cc(Cl)cc(Cl)c1. The Morgan fingerprint density at radius 3 is 2.35 bits per heavy atom. The van der Waals surface area contributed by atoms with Crippen molar-refractivity contribution in [2.24, 2.45) is 0 Å². The highest BCUT2D eigenvalue weighted by Crippen LogP contribution is 2.33. The van der Waals surface area contributed by atoms with Crippen molar-refractivity contribution in [2.75, 3.05) is 0 Å². The third-order valence-electron chi connectivity index (χ3n) is 2.83. The Bertz CT molecular complexity index is 629. The highest BCUT2D eigenvalue weighted by Gasteiger charge is 2.17. The Labute approximate surface area is 134 Å². The number of benzene rings is 2. The molecule has 0 bridgehead atoms. The van der Waals surface area contributed by atoms with E-state index in [1.54, 1.807) is 36.4 Å². The molecule has 0 saturated carbocycles. The Morgan fingerprint density at radius 2 is 1.75 bits per heavy atom. The maximum atomic E-state index is 11.0. The summed E-state index contributed by atoms with van der Waals surface area (Å²) in [7, 11) is 0. The average Bonchev–Trinajstić information content (AvgIpc) is 2.37. The molecule has 0 aliphatic carbocycles. The van der Waals surface area contributed by atoms with Crippen LogP contribution in [-0.4, -0.2) is 4.92 Å². The molecule has 0 aliphatic heterocycles. The summed E-state index contributed by atoms with van der Waals surface area (Å²) in [5, 5.41) is 12.1. The summed E-state index contributed by atoms with van der Waals surface area (Å²) in [6, 6.07) is 11.9. The quantitative estimate of drug-likeness (QED) is 0.398. The van der Waals surface area contributed by atoms with Crippen molar-refractivity contribution in [3.05, 3.63) is 73.8 Å². The highest BCUT2D eigenvalue weighted by atomic mass is 79.9. The number of nitrogens with zero attached hydrogens (tertiary/aromatic N) is 1. The van der Waals surface area contributed by atoms with E-state index < -0.39 is 0 Å². The lowest BCUT2D eigenvalue weighted by Gasteiger charge is -2.11. The van der Waals surface area contributed by atoms with Crippen molar-refractivity contribution in [3.63, 3.8) is 0 Å². The zero-order valence-corrected chi connectivity index (χ0v) is 13.3. The zero-order valence-electron chi connectivity index (χ0n) is 10.2. The number of nitro benzene ring substituents is 1. The molecule has 2 aromatic rings. The lowest BCUT2D eigenvalue weighted by atomic mass is 10.0. The van der Waals surface area contributed by atoms with Crippen LogP contribution in [0.2, 0.25) is 10.0 Å². The molecule has 6 heteroatoms. The van der Waals surface area contributed by atoms with Crippen LogP contribution in [-0.2, 0) is 6.42 Å². The third-order valence-corrected chi connectivity index (χ3v) is 4.12. The van der Waals surface area contributed by atoms with Crippen LogP contribution in [0.15, 0.2) is 42.5 Å². The van der Waals surface area contributed by atoms with Gasteiger partial charge in [-0.25, -0.2) is 0 Å². The minimum absolute atomic E-state index is 0.0974. The van der Waals surface area contributed by atoms with Crippen molar-refractivity contribution >= 4 is 44.8 Å². The van der Waals surface area contributed by atoms with E-state index in [1.807, 2.05) is 0 Å². The largest absolute Gasteiger partial charge is 0.272 e. The van der Waals surface area contributed by atoms with Crippen LogP contribution in [0.3, 0.4) is 0 Å². The predicted octanol–water partition coefficient (Wildman–Crippen LogP) is 5.58. The first kappa shape index (κ1) is 15.3. The van der Waals surface area contributed by atoms with Gasteiger partial charge in [0.25, 0.3) is 5.69 Å². The van der Waals surface area contributed by atoms with Crippen LogP contribution in [0.4, 0.5) is 5.69 Å². The molecule has 0 aromatic heterocycles. The van der Waals surface area contributed by atoms with Gasteiger partial charge in [0, 0.05) is 26.5 Å². The molecule has 0 spiro atoms. The Kier molecular flexibility index (Phi) is 5.02. The summed E-state index contributed by atoms with van der Waals surface area (Å²) in [4.78, 5) is 10.5. The summed E-state index contributed by atoms with van der Waals surface area (Å²) in [5.41, 5.74) is 1.67. The average molecular weight is 375 g/mol. The van der Waals surface area contributed by atoms with Gasteiger partial charge >= 0.3 is 0 Å². The molecule has 0 radical (unpaired) electrons. The number of hydrogen-bond donors (Lipinski definition) is 0. The van der Waals surface area contributed by atoms with E-state index in [4.69, 9.17) is 23.2 Å². The number of para-hydroxylation sites is 1. The lowest BCUT2D eigenvalue weighted by molar-refractivity contribution is -0.385. The summed E-state index contributed by atoms with van der Waals surface area (Å²) in [6.45, 7) is 0. The first-order valence-electron chi connectivity index (χ1n) is 5.79. The van der Waals surface area contributed by atoms with E-state index in [9.17, 15) is 10.1 Å². The Morgan fingerprint density at radius 1 is 1.15 bits per heavy atom. The second-order valence-corrected chi connectivity index (χ2v) is 6.24. The number of alkyl halides is 1. The molecule has 0 fully saturated rings. The molecule has 1 unspecified atom stereocenters. The lowest BCUT2D eigenvalue weighted by Crippen LogP contribution is -2.00. The number of nitro groups is 1. The number of hydrogen-bond acceptors (Lipinski definition) is 2. The number of halogens is 3. The van der Waals surface area contributed by atoms with Gasteiger partial charge < -0.3 is 0 Å². The molecule has 0 amide bonds. The highest BCUT2D eigenvalue weighted by molar-refractivity contribution is 9.09. The van der Waals surface area contributed by atoms with E-state index in [2.05, 4.69) is 15.9 Å². The zero-order chi connectivity index (χ0) is 14.7. The molecular weight excluding hydrogens is 365 g/mol. The van der Waals surface area contributed by atoms with Gasteiger partial charge in [-0.2, -0.15) is 0 Å². The van der Waals surface area contributed by atoms with Crippen molar-refractivity contribution in [2.45, 2.75) is 11.2 Å². The normalized spacial score (nSPS) is 12.2. The van der Waals surface area contributed by atoms with E-state index in [-0.39, 0.29) is 15.4 Å². The monoisotopic (exact) mass is 373 g/mol. The number of rotatable bonds is 4. The fraction of sp³-hybridized carbons (Fsp3) is 0.143. The Balaban J connectivity index is 2.28. The summed E-state index contributed by atoms with van der Waals surface area (Å²) in [6.07, 6.45) is 0.480. The van der Waals surface area contributed by atoms with Gasteiger partial charge in [-0.1, -0.05) is 57.3 Å². The molecule has 104 valence electrons. The molecule has 0 saturated heterocycles. The van der Waals surface area contributed by atoms with Crippen LogP contribution in [0.5, 0.6) is 0 Å². The van der Waals surface area contributed by atoms with Crippen molar-refractivity contribution < 1.29 is 4.92 Å². The molecule has 20 heavy (non-hydrogen) atoms. The van der Waals surface area contributed by atoms with Gasteiger partial charge in [-0.05, 0) is 30.2 Å². The molecule has 2 aromatic carbocycles. The van der Waals surface area contributed by atoms with Crippen LogP contribution >= 0.6 is 39.1 Å². The van der Waals surface area contributed by atoms with Gasteiger partial charge in [0.05, 0.1) is 4.92 Å². The van der Waals surface area contributed by atoms with Gasteiger partial charge in [0.15, 0.2) is 0 Å². The van der Waals surface area contributed by atoms with Crippen molar-refractivity contribution in [1.82, 2.24) is 0 Å². The minimum Gasteiger partial charge on any atom is -0.258 e. The molecular formula is C14H10BrCl2NO2. The molecule has 0 aliphatic rings. The van der Waals surface area contributed by atoms with Crippen LogP contribution in [0.25, 0.3) is 0 Å². The van der Waals surface area contributed by atoms with E-state index in [0.717, 1.165) is 5.56 Å². The molecule has 0 heterocycles. The minimum atomic E-state index is -0.375. The fourth-order valence-electron chi connectivity index (χ4n) is 1.93. The standard InChI is InChI=1S/C14H10BrCl2NO2/c15-13(10-5-11(16)8-12(17)6-10)7-9-3-1-2-4-14(9)18(19)20/h1-6,8,13H,7H2. The van der Waals surface area contributed by atoms with Crippen LogP contribution < -0.4 is 0 Å². The molecule has 1 atom stereocenters. The maximum absolute atomic E-state index is 11.0. The molecule has 3 nitrogen and oxygen atoms in total. The van der Waals surface area contributed by atoms with Crippen LogP contribution in [0.1, 0.15) is 16.0 Å². The topological polar surface area (TPSA) is 43.1 Å². The van der Waals surface area contributed by atoms with E-state index in [0.29, 0.717) is 22.0 Å². The van der Waals surface area contributed by atoms with Crippen molar-refractivity contribution in [3.8, 4) is 0 Å².